The number of aromatic nitrogens is 2. The third kappa shape index (κ3) is 1.81. The molecule has 1 aliphatic heterocycles. The molecule has 1 saturated heterocycles. The molecule has 0 bridgehead atoms. The minimum Gasteiger partial charge on any atom is -0.325 e. The number of hydrogen-bond acceptors (Lipinski definition) is 3. The molecule has 5 heteroatoms. The highest BCUT2D eigenvalue weighted by Crippen LogP contribution is 2.25. The molecule has 1 aromatic rings. The van der Waals surface area contributed by atoms with Crippen molar-refractivity contribution in [1.82, 2.24) is 10.2 Å². The van der Waals surface area contributed by atoms with Crippen LogP contribution in [0.4, 0.5) is 0 Å². The van der Waals surface area contributed by atoms with E-state index < -0.39 is 10.8 Å². The summed E-state index contributed by atoms with van der Waals surface area (Å²) in [5.74, 6) is 1.95. The Morgan fingerprint density at radius 1 is 1.77 bits per heavy atom. The summed E-state index contributed by atoms with van der Waals surface area (Å²) in [6.07, 6.45) is 0.988. The van der Waals surface area contributed by atoms with Gasteiger partial charge in [0.1, 0.15) is 0 Å². The Balaban J connectivity index is 2.12. The van der Waals surface area contributed by atoms with Crippen LogP contribution in [0.15, 0.2) is 6.07 Å². The van der Waals surface area contributed by atoms with Crippen molar-refractivity contribution in [2.45, 2.75) is 18.9 Å². The lowest BCUT2D eigenvalue weighted by Crippen LogP contribution is -1.98. The van der Waals surface area contributed by atoms with E-state index in [2.05, 4.69) is 10.2 Å². The van der Waals surface area contributed by atoms with Crippen LogP contribution in [0.3, 0.4) is 0 Å². The van der Waals surface area contributed by atoms with E-state index >= 15 is 0 Å². The average molecular weight is 199 g/mol. The van der Waals surface area contributed by atoms with Crippen LogP contribution in [0.5, 0.6) is 0 Å². The summed E-state index contributed by atoms with van der Waals surface area (Å²) < 4.78 is 11.2. The number of nitrogens with one attached hydrogen (secondary N) is 1. The molecule has 0 saturated carbocycles. The molecule has 0 radical (unpaired) electrons. The lowest BCUT2D eigenvalue weighted by molar-refractivity contribution is 0.686. The van der Waals surface area contributed by atoms with Crippen molar-refractivity contribution in [2.75, 3.05) is 11.5 Å². The predicted molar refractivity (Wildman–Crippen MR) is 51.7 cm³/mol. The molecular weight excluding hydrogens is 186 g/mol. The molecule has 0 aliphatic carbocycles. The molecule has 2 rings (SSSR count). The van der Waals surface area contributed by atoms with Crippen molar-refractivity contribution in [3.05, 3.63) is 17.5 Å². The first-order chi connectivity index (χ1) is 6.29. The predicted octanol–water partition coefficient (Wildman–Crippen LogP) is 0.104. The van der Waals surface area contributed by atoms with Crippen molar-refractivity contribution < 1.29 is 4.21 Å². The van der Waals surface area contributed by atoms with Gasteiger partial charge in [-0.2, -0.15) is 5.10 Å². The van der Waals surface area contributed by atoms with Gasteiger partial charge in [0.25, 0.3) is 0 Å². The fraction of sp³-hybridized carbons (Fsp3) is 0.625. The maximum absolute atomic E-state index is 11.2. The number of hydrogen-bond donors (Lipinski definition) is 2. The van der Waals surface area contributed by atoms with Crippen molar-refractivity contribution in [3.63, 3.8) is 0 Å². The highest BCUT2D eigenvalue weighted by molar-refractivity contribution is 7.85. The molecular formula is C8H13N3OS. The zero-order chi connectivity index (χ0) is 9.26. The lowest BCUT2D eigenvalue weighted by atomic mass is 10.1. The first kappa shape index (κ1) is 8.90. The summed E-state index contributed by atoms with van der Waals surface area (Å²) in [6, 6.07) is 1.98. The number of nitrogens with zero attached hydrogens (tertiary/aromatic N) is 1. The summed E-state index contributed by atoms with van der Waals surface area (Å²) in [5.41, 5.74) is 7.43. The van der Waals surface area contributed by atoms with Crippen LogP contribution in [-0.2, 0) is 17.3 Å². The Morgan fingerprint density at radius 2 is 2.62 bits per heavy atom. The zero-order valence-electron chi connectivity index (χ0n) is 7.32. The molecule has 1 aromatic heterocycles. The van der Waals surface area contributed by atoms with Crippen LogP contribution in [0.25, 0.3) is 0 Å². The second-order valence-electron chi connectivity index (χ2n) is 3.32. The highest BCUT2D eigenvalue weighted by Gasteiger charge is 2.24. The zero-order valence-corrected chi connectivity index (χ0v) is 8.14. The monoisotopic (exact) mass is 199 g/mol. The molecule has 3 N–H and O–H groups in total. The van der Waals surface area contributed by atoms with Crippen LogP contribution in [0.1, 0.15) is 23.7 Å². The summed E-state index contributed by atoms with van der Waals surface area (Å²) in [4.78, 5) is 0. The normalized spacial score (nSPS) is 28.1. The van der Waals surface area contributed by atoms with Crippen LogP contribution in [0.2, 0.25) is 0 Å². The molecule has 2 unspecified atom stereocenters. The van der Waals surface area contributed by atoms with Crippen LogP contribution < -0.4 is 5.73 Å². The van der Waals surface area contributed by atoms with Gasteiger partial charge >= 0.3 is 0 Å². The van der Waals surface area contributed by atoms with Crippen molar-refractivity contribution >= 4 is 10.8 Å². The van der Waals surface area contributed by atoms with Gasteiger partial charge in [0.15, 0.2) is 0 Å². The van der Waals surface area contributed by atoms with E-state index in [-0.39, 0.29) is 0 Å². The third-order valence-electron chi connectivity index (χ3n) is 2.37. The van der Waals surface area contributed by atoms with E-state index in [0.29, 0.717) is 12.5 Å². The minimum absolute atomic E-state index is 0.373. The van der Waals surface area contributed by atoms with Gasteiger partial charge in [0, 0.05) is 40.5 Å². The first-order valence-electron chi connectivity index (χ1n) is 4.39. The van der Waals surface area contributed by atoms with E-state index in [1.165, 1.54) is 0 Å². The van der Waals surface area contributed by atoms with Crippen LogP contribution in [-0.4, -0.2) is 25.9 Å². The molecule has 4 nitrogen and oxygen atoms in total. The topological polar surface area (TPSA) is 71.8 Å². The van der Waals surface area contributed by atoms with Crippen molar-refractivity contribution in [3.8, 4) is 0 Å². The Hall–Kier alpha value is -0.680. The molecule has 72 valence electrons. The number of aromatic amines is 1. The molecule has 2 atom stereocenters. The fourth-order valence-corrected chi connectivity index (χ4v) is 3.09. The summed E-state index contributed by atoms with van der Waals surface area (Å²) >= 11 is 0. The maximum atomic E-state index is 11.2. The Bertz CT molecular complexity index is 323. The largest absolute Gasteiger partial charge is 0.325 e. The van der Waals surface area contributed by atoms with Gasteiger partial charge in [0.2, 0.25) is 0 Å². The molecule has 0 aromatic carbocycles. The van der Waals surface area contributed by atoms with E-state index in [4.69, 9.17) is 5.73 Å². The van der Waals surface area contributed by atoms with Gasteiger partial charge in [0.05, 0.1) is 5.69 Å². The summed E-state index contributed by atoms with van der Waals surface area (Å²) in [7, 11) is -0.631. The minimum atomic E-state index is -0.631. The standard InChI is InChI=1S/C8H13N3OS/c9-4-7-3-8(11-10-7)6-1-2-13(12)5-6/h3,6H,1-2,4-5,9H2,(H,10,11). The second-order valence-corrected chi connectivity index (χ2v) is 4.94. The third-order valence-corrected chi connectivity index (χ3v) is 3.84. The lowest BCUT2D eigenvalue weighted by Gasteiger charge is -2.00. The van der Waals surface area contributed by atoms with Gasteiger partial charge in [-0.25, -0.2) is 0 Å². The highest BCUT2D eigenvalue weighted by atomic mass is 32.2. The Morgan fingerprint density at radius 3 is 3.15 bits per heavy atom. The number of H-pyrrole nitrogens is 1. The van der Waals surface area contributed by atoms with Gasteiger partial charge in [-0.15, -0.1) is 0 Å². The van der Waals surface area contributed by atoms with Gasteiger partial charge in [-0.3, -0.25) is 9.31 Å². The smallest absolute Gasteiger partial charge is 0.0665 e. The average Bonchev–Trinajstić information content (AvgIpc) is 2.71. The van der Waals surface area contributed by atoms with Gasteiger partial charge < -0.3 is 5.73 Å². The van der Waals surface area contributed by atoms with Crippen LogP contribution in [0, 0.1) is 0 Å². The van der Waals surface area contributed by atoms with E-state index in [1.54, 1.807) is 0 Å². The van der Waals surface area contributed by atoms with Gasteiger partial charge in [-0.05, 0) is 12.5 Å². The maximum Gasteiger partial charge on any atom is 0.0665 e. The summed E-state index contributed by atoms with van der Waals surface area (Å²) in [6.45, 7) is 0.489. The van der Waals surface area contributed by atoms with E-state index in [9.17, 15) is 4.21 Å². The van der Waals surface area contributed by atoms with Crippen molar-refractivity contribution in [1.29, 1.82) is 0 Å². The fourth-order valence-electron chi connectivity index (χ4n) is 1.59. The SMILES string of the molecule is NCc1cc(C2CCS(=O)C2)n[nH]1. The van der Waals surface area contributed by atoms with Crippen molar-refractivity contribution in [2.24, 2.45) is 5.73 Å². The molecule has 1 fully saturated rings. The number of nitrogens with two attached hydrogens (primary N) is 1. The van der Waals surface area contributed by atoms with E-state index in [1.807, 2.05) is 6.07 Å². The second kappa shape index (κ2) is 3.59. The molecule has 13 heavy (non-hydrogen) atoms. The molecule has 2 heterocycles. The molecule has 1 aliphatic rings. The van der Waals surface area contributed by atoms with Gasteiger partial charge in [-0.1, -0.05) is 0 Å². The summed E-state index contributed by atoms with van der Waals surface area (Å²) in [5, 5.41) is 7.04. The first-order valence-corrected chi connectivity index (χ1v) is 5.87. The molecule has 0 spiro atoms. The Labute approximate surface area is 79.4 Å². The molecule has 0 amide bonds. The van der Waals surface area contributed by atoms with Crippen LogP contribution >= 0.6 is 0 Å². The number of rotatable bonds is 2. The van der Waals surface area contributed by atoms with E-state index in [0.717, 1.165) is 29.3 Å². The quantitative estimate of drug-likeness (QED) is 0.710. The Kier molecular flexibility index (Phi) is 2.46.